The number of aromatic amines is 1. The Bertz CT molecular complexity index is 1250. The lowest BCUT2D eigenvalue weighted by atomic mass is 9.88. The van der Waals surface area contributed by atoms with E-state index in [2.05, 4.69) is 42.3 Å². The molecule has 1 saturated carbocycles. The van der Waals surface area contributed by atoms with Crippen molar-refractivity contribution >= 4 is 5.91 Å². The Morgan fingerprint density at radius 3 is 2.28 bits per heavy atom. The van der Waals surface area contributed by atoms with Gasteiger partial charge in [-0.1, -0.05) is 37.5 Å². The van der Waals surface area contributed by atoms with Crippen LogP contribution < -0.4 is 0 Å². The maximum Gasteiger partial charge on any atom is 0.225 e. The molecule has 1 saturated heterocycles. The van der Waals surface area contributed by atoms with Crippen molar-refractivity contribution in [2.45, 2.75) is 44.9 Å². The standard InChI is InChI=1S/C17H14N6.C11H19NO/c1-23-11-16(10-22-23)12-3-2-4-13(5-12)17-18-6-14(7-19-17)15-8-20-21-9-15;13-11(12-8-4-5-9-12)10-6-2-1-3-7-10/h2-11H,1H3,(H,20,21);10H,1-9H2. The van der Waals surface area contributed by atoms with Crippen molar-refractivity contribution in [1.29, 1.82) is 0 Å². The first-order chi connectivity index (χ1) is 17.7. The van der Waals surface area contributed by atoms with Crippen LogP contribution in [0.2, 0.25) is 0 Å². The first-order valence-electron chi connectivity index (χ1n) is 12.9. The fraction of sp³-hybridized carbons (Fsp3) is 0.393. The van der Waals surface area contributed by atoms with Crippen LogP contribution in [0, 0.1) is 5.92 Å². The Balaban J connectivity index is 0.000000174. The van der Waals surface area contributed by atoms with Gasteiger partial charge in [0.15, 0.2) is 5.82 Å². The van der Waals surface area contributed by atoms with Gasteiger partial charge in [0.25, 0.3) is 0 Å². The number of nitrogens with zero attached hydrogens (tertiary/aromatic N) is 6. The lowest BCUT2D eigenvalue weighted by Crippen LogP contribution is -2.34. The van der Waals surface area contributed by atoms with Crippen molar-refractivity contribution in [2.24, 2.45) is 13.0 Å². The molecule has 4 heterocycles. The highest BCUT2D eigenvalue weighted by Gasteiger charge is 2.27. The summed E-state index contributed by atoms with van der Waals surface area (Å²) >= 11 is 0. The number of carbonyl (C=O) groups is 1. The molecule has 186 valence electrons. The number of H-pyrrole nitrogens is 1. The Hall–Kier alpha value is -3.81. The van der Waals surface area contributed by atoms with Crippen molar-refractivity contribution < 1.29 is 4.79 Å². The van der Waals surface area contributed by atoms with Crippen LogP contribution in [-0.4, -0.2) is 53.8 Å². The van der Waals surface area contributed by atoms with E-state index in [9.17, 15) is 4.79 Å². The van der Waals surface area contributed by atoms with Crippen LogP contribution in [0.3, 0.4) is 0 Å². The molecule has 0 spiro atoms. The molecule has 4 aromatic rings. The molecule has 8 heteroatoms. The lowest BCUT2D eigenvalue weighted by molar-refractivity contribution is -0.135. The zero-order valence-corrected chi connectivity index (χ0v) is 20.8. The molecule has 36 heavy (non-hydrogen) atoms. The van der Waals surface area contributed by atoms with Gasteiger partial charge >= 0.3 is 0 Å². The van der Waals surface area contributed by atoms with Gasteiger partial charge in [-0.3, -0.25) is 14.6 Å². The zero-order valence-electron chi connectivity index (χ0n) is 20.8. The van der Waals surface area contributed by atoms with Crippen LogP contribution in [0.4, 0.5) is 0 Å². The number of benzene rings is 1. The van der Waals surface area contributed by atoms with Gasteiger partial charge in [-0.2, -0.15) is 10.2 Å². The van der Waals surface area contributed by atoms with E-state index < -0.39 is 0 Å². The molecule has 0 atom stereocenters. The number of rotatable bonds is 4. The van der Waals surface area contributed by atoms with E-state index in [4.69, 9.17) is 0 Å². The van der Waals surface area contributed by atoms with E-state index in [1.54, 1.807) is 10.9 Å². The van der Waals surface area contributed by atoms with Crippen LogP contribution in [0.25, 0.3) is 33.6 Å². The van der Waals surface area contributed by atoms with Crippen LogP contribution >= 0.6 is 0 Å². The average molecular weight is 484 g/mol. The predicted octanol–water partition coefficient (Wildman–Crippen LogP) is 5.12. The molecular weight excluding hydrogens is 450 g/mol. The minimum Gasteiger partial charge on any atom is -0.342 e. The molecule has 1 aromatic carbocycles. The van der Waals surface area contributed by atoms with E-state index in [0.29, 0.717) is 17.6 Å². The second-order valence-electron chi connectivity index (χ2n) is 9.63. The Morgan fingerprint density at radius 1 is 0.861 bits per heavy atom. The number of carbonyl (C=O) groups excluding carboxylic acids is 1. The summed E-state index contributed by atoms with van der Waals surface area (Å²) < 4.78 is 1.79. The van der Waals surface area contributed by atoms with Crippen molar-refractivity contribution in [3.8, 4) is 33.6 Å². The monoisotopic (exact) mass is 483 g/mol. The molecule has 1 amide bonds. The summed E-state index contributed by atoms with van der Waals surface area (Å²) in [6.07, 6.45) is 19.6. The second-order valence-corrected chi connectivity index (χ2v) is 9.63. The third-order valence-corrected chi connectivity index (χ3v) is 7.01. The Labute approximate surface area is 211 Å². The summed E-state index contributed by atoms with van der Waals surface area (Å²) in [4.78, 5) is 22.9. The van der Waals surface area contributed by atoms with Crippen LogP contribution in [-0.2, 0) is 11.8 Å². The van der Waals surface area contributed by atoms with Crippen LogP contribution in [0.15, 0.2) is 61.4 Å². The molecule has 2 fully saturated rings. The van der Waals surface area contributed by atoms with Crippen LogP contribution in [0.5, 0.6) is 0 Å². The number of likely N-dealkylation sites (tertiary alicyclic amines) is 1. The summed E-state index contributed by atoms with van der Waals surface area (Å²) in [6.45, 7) is 2.05. The van der Waals surface area contributed by atoms with Crippen molar-refractivity contribution in [3.05, 3.63) is 61.4 Å². The molecule has 1 aliphatic heterocycles. The molecule has 0 bridgehead atoms. The molecule has 1 aliphatic carbocycles. The topological polar surface area (TPSA) is 92.6 Å². The third-order valence-electron chi connectivity index (χ3n) is 7.01. The molecule has 2 aliphatic rings. The Kier molecular flexibility index (Phi) is 7.50. The van der Waals surface area contributed by atoms with Gasteiger partial charge in [-0.25, -0.2) is 9.97 Å². The normalized spacial score (nSPS) is 16.0. The first-order valence-corrected chi connectivity index (χ1v) is 12.9. The van der Waals surface area contributed by atoms with E-state index in [0.717, 1.165) is 53.7 Å². The molecule has 6 rings (SSSR count). The van der Waals surface area contributed by atoms with Gasteiger partial charge in [-0.15, -0.1) is 0 Å². The van der Waals surface area contributed by atoms with E-state index in [1.165, 1.54) is 32.1 Å². The summed E-state index contributed by atoms with van der Waals surface area (Å²) in [5, 5.41) is 10.9. The first kappa shape index (κ1) is 23.9. The molecule has 0 unspecified atom stereocenters. The maximum absolute atomic E-state index is 11.9. The van der Waals surface area contributed by atoms with E-state index >= 15 is 0 Å². The summed E-state index contributed by atoms with van der Waals surface area (Å²) in [6, 6.07) is 8.14. The summed E-state index contributed by atoms with van der Waals surface area (Å²) in [5.41, 5.74) is 5.05. The van der Waals surface area contributed by atoms with Gasteiger partial charge in [0.05, 0.1) is 12.4 Å². The zero-order chi connectivity index (χ0) is 24.7. The number of nitrogens with one attached hydrogen (secondary N) is 1. The smallest absolute Gasteiger partial charge is 0.225 e. The fourth-order valence-corrected chi connectivity index (χ4v) is 4.99. The van der Waals surface area contributed by atoms with Gasteiger partial charge in [0.1, 0.15) is 0 Å². The van der Waals surface area contributed by atoms with Gasteiger partial charge in [-0.05, 0) is 37.3 Å². The van der Waals surface area contributed by atoms with Crippen LogP contribution in [0.1, 0.15) is 44.9 Å². The van der Waals surface area contributed by atoms with Gasteiger partial charge in [0, 0.05) is 73.1 Å². The van der Waals surface area contributed by atoms with Gasteiger partial charge < -0.3 is 4.90 Å². The quantitative estimate of drug-likeness (QED) is 0.435. The second kappa shape index (κ2) is 11.3. The predicted molar refractivity (Wildman–Crippen MR) is 140 cm³/mol. The lowest BCUT2D eigenvalue weighted by Gasteiger charge is -2.25. The SMILES string of the molecule is Cn1cc(-c2cccc(-c3ncc(-c4cn[nH]c4)cn3)c2)cn1.O=C(C1CCCCC1)N1CCCC1. The van der Waals surface area contributed by atoms with E-state index in [1.807, 2.05) is 50.2 Å². The Morgan fingerprint density at radius 2 is 1.61 bits per heavy atom. The molecule has 8 nitrogen and oxygen atoms in total. The summed E-state index contributed by atoms with van der Waals surface area (Å²) in [7, 11) is 1.91. The van der Waals surface area contributed by atoms with Crippen molar-refractivity contribution in [1.82, 2.24) is 34.8 Å². The molecular formula is C28H33N7O. The number of aryl methyl sites for hydroxylation is 1. The van der Waals surface area contributed by atoms with Gasteiger partial charge in [0.2, 0.25) is 5.91 Å². The summed E-state index contributed by atoms with van der Waals surface area (Å²) in [5.74, 6) is 1.53. The van der Waals surface area contributed by atoms with Crippen molar-refractivity contribution in [3.63, 3.8) is 0 Å². The highest BCUT2D eigenvalue weighted by molar-refractivity contribution is 5.79. The molecule has 0 radical (unpaired) electrons. The highest BCUT2D eigenvalue weighted by atomic mass is 16.2. The van der Waals surface area contributed by atoms with E-state index in [-0.39, 0.29) is 0 Å². The minimum atomic E-state index is 0.381. The highest BCUT2D eigenvalue weighted by Crippen LogP contribution is 2.27. The number of hydrogen-bond donors (Lipinski definition) is 1. The fourth-order valence-electron chi connectivity index (χ4n) is 4.99. The number of aromatic nitrogens is 6. The minimum absolute atomic E-state index is 0.381. The average Bonchev–Trinajstić information content (AvgIpc) is 3.73. The largest absolute Gasteiger partial charge is 0.342 e. The molecule has 1 N–H and O–H groups in total. The van der Waals surface area contributed by atoms with Crippen molar-refractivity contribution in [2.75, 3.05) is 13.1 Å². The number of hydrogen-bond acceptors (Lipinski definition) is 5. The third kappa shape index (κ3) is 5.70. The maximum atomic E-state index is 11.9. The number of amides is 1. The molecule has 3 aromatic heterocycles.